The average Bonchev–Trinajstić information content (AvgIpc) is 2.81. The zero-order valence-corrected chi connectivity index (χ0v) is 14.4. The van der Waals surface area contributed by atoms with Crippen LogP contribution in [0.4, 0.5) is 0 Å². The second-order valence-electron chi connectivity index (χ2n) is 6.54. The molecule has 0 aromatic heterocycles. The van der Waals surface area contributed by atoms with E-state index < -0.39 is 0 Å². The first-order valence-electron chi connectivity index (χ1n) is 7.55. The van der Waals surface area contributed by atoms with Crippen LogP contribution in [0, 0.1) is 14.9 Å². The molecule has 0 aliphatic heterocycles. The molecule has 1 aliphatic rings. The minimum absolute atomic E-state index is 0.516. The molecule has 1 nitrogen and oxygen atoms in total. The molecule has 0 spiro atoms. The van der Waals surface area contributed by atoms with E-state index in [1.54, 1.807) is 0 Å². The van der Waals surface area contributed by atoms with Gasteiger partial charge in [0.2, 0.25) is 0 Å². The lowest BCUT2D eigenvalue weighted by Gasteiger charge is -2.30. The van der Waals surface area contributed by atoms with E-state index in [1.165, 1.54) is 47.8 Å². The molecule has 1 aliphatic carbocycles. The van der Waals surface area contributed by atoms with E-state index in [4.69, 9.17) is 0 Å². The molecule has 0 radical (unpaired) electrons. The smallest absolute Gasteiger partial charge is 0.0130 e. The maximum Gasteiger partial charge on any atom is 0.0130 e. The van der Waals surface area contributed by atoms with Crippen molar-refractivity contribution in [3.8, 4) is 0 Å². The van der Waals surface area contributed by atoms with E-state index >= 15 is 0 Å². The Morgan fingerprint density at radius 1 is 1.16 bits per heavy atom. The second-order valence-corrected chi connectivity index (χ2v) is 7.78. The lowest BCUT2D eigenvalue weighted by Crippen LogP contribution is -2.35. The Kier molecular flexibility index (Phi) is 5.70. The first-order chi connectivity index (χ1) is 9.10. The van der Waals surface area contributed by atoms with Crippen molar-refractivity contribution in [2.45, 2.75) is 46.0 Å². The topological polar surface area (TPSA) is 12.0 Å². The van der Waals surface area contributed by atoms with Crippen LogP contribution in [0.3, 0.4) is 0 Å². The second kappa shape index (κ2) is 7.07. The fourth-order valence-electron chi connectivity index (χ4n) is 3.20. The quantitative estimate of drug-likeness (QED) is 0.719. The highest BCUT2D eigenvalue weighted by molar-refractivity contribution is 14.1. The van der Waals surface area contributed by atoms with Gasteiger partial charge in [0.15, 0.2) is 0 Å². The van der Waals surface area contributed by atoms with Gasteiger partial charge in [0.05, 0.1) is 0 Å². The van der Waals surface area contributed by atoms with Gasteiger partial charge in [0.25, 0.3) is 0 Å². The van der Waals surface area contributed by atoms with Crippen molar-refractivity contribution < 1.29 is 0 Å². The van der Waals surface area contributed by atoms with E-state index in [1.807, 2.05) is 0 Å². The molecule has 1 saturated carbocycles. The predicted octanol–water partition coefficient (Wildman–Crippen LogP) is 4.64. The van der Waals surface area contributed by atoms with Gasteiger partial charge in [-0.05, 0) is 77.4 Å². The average molecular weight is 371 g/mol. The summed E-state index contributed by atoms with van der Waals surface area (Å²) in [5, 5.41) is 3.70. The van der Waals surface area contributed by atoms with Gasteiger partial charge in [0.1, 0.15) is 0 Å². The largest absolute Gasteiger partial charge is 0.316 e. The summed E-state index contributed by atoms with van der Waals surface area (Å²) in [6, 6.07) is 9.09. The van der Waals surface area contributed by atoms with Gasteiger partial charge in [-0.15, -0.1) is 0 Å². The zero-order chi connectivity index (χ0) is 13.7. The van der Waals surface area contributed by atoms with Gasteiger partial charge in [-0.2, -0.15) is 0 Å². The van der Waals surface area contributed by atoms with Crippen LogP contribution in [0.15, 0.2) is 24.3 Å². The summed E-state index contributed by atoms with van der Waals surface area (Å²) in [6.45, 7) is 6.91. The molecule has 0 heterocycles. The first-order valence-corrected chi connectivity index (χ1v) is 8.63. The van der Waals surface area contributed by atoms with Crippen LogP contribution in [0.1, 0.15) is 45.1 Å². The van der Waals surface area contributed by atoms with Crippen LogP contribution in [-0.4, -0.2) is 13.1 Å². The molecule has 2 rings (SSSR count). The van der Waals surface area contributed by atoms with Crippen LogP contribution in [-0.2, 0) is 6.42 Å². The van der Waals surface area contributed by atoms with Crippen LogP contribution in [0.2, 0.25) is 0 Å². The Labute approximate surface area is 131 Å². The molecule has 0 atom stereocenters. The highest BCUT2D eigenvalue weighted by Crippen LogP contribution is 2.40. The summed E-state index contributed by atoms with van der Waals surface area (Å²) >= 11 is 2.38. The summed E-state index contributed by atoms with van der Waals surface area (Å²) in [6.07, 6.45) is 6.85. The molecule has 0 amide bonds. The third kappa shape index (κ3) is 4.75. The van der Waals surface area contributed by atoms with Gasteiger partial charge in [-0.25, -0.2) is 0 Å². The molecule has 0 saturated heterocycles. The monoisotopic (exact) mass is 371 g/mol. The molecular weight excluding hydrogens is 345 g/mol. The Hall–Kier alpha value is -0.0900. The van der Waals surface area contributed by atoms with Crippen LogP contribution in [0.25, 0.3) is 0 Å². The number of halogens is 1. The van der Waals surface area contributed by atoms with Gasteiger partial charge in [0, 0.05) is 10.1 Å². The molecule has 1 N–H and O–H groups in total. The van der Waals surface area contributed by atoms with Crippen LogP contribution >= 0.6 is 22.6 Å². The molecular formula is C17H26IN. The Balaban J connectivity index is 1.96. The Morgan fingerprint density at radius 3 is 2.37 bits per heavy atom. The van der Waals surface area contributed by atoms with E-state index in [2.05, 4.69) is 66.0 Å². The van der Waals surface area contributed by atoms with E-state index in [0.717, 1.165) is 12.5 Å². The maximum atomic E-state index is 3.70. The van der Waals surface area contributed by atoms with Gasteiger partial charge < -0.3 is 5.32 Å². The normalized spacial score (nSPS) is 18.1. The molecule has 0 bridgehead atoms. The van der Waals surface area contributed by atoms with Gasteiger partial charge in [-0.3, -0.25) is 0 Å². The number of hydrogen-bond donors (Lipinski definition) is 1. The van der Waals surface area contributed by atoms with Crippen molar-refractivity contribution >= 4 is 22.6 Å². The molecule has 2 heteroatoms. The Bertz CT molecular complexity index is 377. The minimum Gasteiger partial charge on any atom is -0.316 e. The maximum absolute atomic E-state index is 3.70. The van der Waals surface area contributed by atoms with E-state index in [-0.39, 0.29) is 0 Å². The lowest BCUT2D eigenvalue weighted by molar-refractivity contribution is 0.273. The SMILES string of the molecule is CC(C)CNCC1(Cc2ccc(I)cc2)CCCC1. The number of hydrogen-bond acceptors (Lipinski definition) is 1. The van der Waals surface area contributed by atoms with E-state index in [0.29, 0.717) is 5.41 Å². The Morgan fingerprint density at radius 2 is 1.79 bits per heavy atom. The van der Waals surface area contributed by atoms with Crippen molar-refractivity contribution in [1.29, 1.82) is 0 Å². The third-order valence-corrected chi connectivity index (χ3v) is 4.93. The zero-order valence-electron chi connectivity index (χ0n) is 12.2. The molecule has 0 unspecified atom stereocenters. The van der Waals surface area contributed by atoms with Crippen molar-refractivity contribution in [2.24, 2.45) is 11.3 Å². The van der Waals surface area contributed by atoms with Crippen molar-refractivity contribution in [2.75, 3.05) is 13.1 Å². The minimum atomic E-state index is 0.516. The molecule has 1 fully saturated rings. The number of rotatable bonds is 6. The van der Waals surface area contributed by atoms with Crippen LogP contribution in [0.5, 0.6) is 0 Å². The van der Waals surface area contributed by atoms with E-state index in [9.17, 15) is 0 Å². The summed E-state index contributed by atoms with van der Waals surface area (Å²) in [5.41, 5.74) is 2.02. The summed E-state index contributed by atoms with van der Waals surface area (Å²) in [7, 11) is 0. The van der Waals surface area contributed by atoms with Crippen molar-refractivity contribution in [3.05, 3.63) is 33.4 Å². The summed E-state index contributed by atoms with van der Waals surface area (Å²) in [5.74, 6) is 0.747. The highest BCUT2D eigenvalue weighted by Gasteiger charge is 2.33. The first kappa shape index (κ1) is 15.3. The fraction of sp³-hybridized carbons (Fsp3) is 0.647. The molecule has 19 heavy (non-hydrogen) atoms. The molecule has 1 aromatic rings. The number of nitrogens with one attached hydrogen (secondary N) is 1. The summed E-state index contributed by atoms with van der Waals surface area (Å²) < 4.78 is 1.33. The van der Waals surface area contributed by atoms with Crippen molar-refractivity contribution in [3.63, 3.8) is 0 Å². The van der Waals surface area contributed by atoms with Gasteiger partial charge in [-0.1, -0.05) is 38.8 Å². The highest BCUT2D eigenvalue weighted by atomic mass is 127. The molecule has 1 aromatic carbocycles. The standard InChI is InChI=1S/C17H26IN/c1-14(2)12-19-13-17(9-3-4-10-17)11-15-5-7-16(18)8-6-15/h5-8,14,19H,3-4,9-13H2,1-2H3. The van der Waals surface area contributed by atoms with Crippen LogP contribution < -0.4 is 5.32 Å². The van der Waals surface area contributed by atoms with Gasteiger partial charge >= 0.3 is 0 Å². The molecule has 106 valence electrons. The fourth-order valence-corrected chi connectivity index (χ4v) is 3.56. The number of benzene rings is 1. The third-order valence-electron chi connectivity index (χ3n) is 4.21. The predicted molar refractivity (Wildman–Crippen MR) is 91.5 cm³/mol. The summed E-state index contributed by atoms with van der Waals surface area (Å²) in [4.78, 5) is 0. The lowest BCUT2D eigenvalue weighted by atomic mass is 9.80. The van der Waals surface area contributed by atoms with Crippen molar-refractivity contribution in [1.82, 2.24) is 5.32 Å².